The van der Waals surface area contributed by atoms with Crippen LogP contribution in [0.25, 0.3) is 0 Å². The third-order valence-electron chi connectivity index (χ3n) is 3.40. The van der Waals surface area contributed by atoms with Crippen molar-refractivity contribution in [2.45, 2.75) is 5.37 Å². The number of thioether (sulfide) groups is 1. The van der Waals surface area contributed by atoms with Crippen molar-refractivity contribution in [2.24, 2.45) is 0 Å². The molecule has 0 spiro atoms. The number of carbonyl (C=O) groups excluding carboxylic acids is 1. The van der Waals surface area contributed by atoms with Gasteiger partial charge in [-0.2, -0.15) is 0 Å². The number of para-hydroxylation sites is 1. The summed E-state index contributed by atoms with van der Waals surface area (Å²) in [7, 11) is 0. The Kier molecular flexibility index (Phi) is 4.55. The minimum Gasteiger partial charge on any atom is -0.308 e. The number of hydrogen-bond donors (Lipinski definition) is 1. The number of rotatable bonds is 2. The summed E-state index contributed by atoms with van der Waals surface area (Å²) in [6, 6.07) is 13.3. The van der Waals surface area contributed by atoms with Crippen molar-refractivity contribution in [3.8, 4) is 0 Å². The van der Waals surface area contributed by atoms with Crippen LogP contribution >= 0.6 is 23.4 Å². The van der Waals surface area contributed by atoms with Gasteiger partial charge in [-0.05, 0) is 29.8 Å². The SMILES string of the molecule is O=C(Nc1ccccc1F)N1CCSC1c1cccc(Cl)c1. The summed E-state index contributed by atoms with van der Waals surface area (Å²) in [6.45, 7) is 0.613. The molecule has 2 amide bonds. The second-order valence-electron chi connectivity index (χ2n) is 4.88. The van der Waals surface area contributed by atoms with Crippen LogP contribution in [-0.4, -0.2) is 23.2 Å². The van der Waals surface area contributed by atoms with E-state index in [0.29, 0.717) is 11.6 Å². The van der Waals surface area contributed by atoms with E-state index in [0.717, 1.165) is 11.3 Å². The third kappa shape index (κ3) is 3.20. The van der Waals surface area contributed by atoms with Crippen molar-refractivity contribution in [3.05, 3.63) is 64.9 Å². The van der Waals surface area contributed by atoms with Crippen LogP contribution in [0.1, 0.15) is 10.9 Å². The minimum atomic E-state index is -0.443. The standard InChI is InChI=1S/C16H14ClFN2OS/c17-12-5-3-4-11(10-12)15-20(8-9-22-15)16(21)19-14-7-2-1-6-13(14)18/h1-7,10,15H,8-9H2,(H,19,21). The number of nitrogens with zero attached hydrogens (tertiary/aromatic N) is 1. The van der Waals surface area contributed by atoms with Gasteiger partial charge >= 0.3 is 6.03 Å². The maximum atomic E-state index is 13.7. The molecule has 0 saturated carbocycles. The van der Waals surface area contributed by atoms with Crippen LogP contribution < -0.4 is 5.32 Å². The lowest BCUT2D eigenvalue weighted by Gasteiger charge is -2.24. The highest BCUT2D eigenvalue weighted by Gasteiger charge is 2.31. The van der Waals surface area contributed by atoms with E-state index < -0.39 is 5.82 Å². The van der Waals surface area contributed by atoms with Gasteiger partial charge in [-0.3, -0.25) is 0 Å². The topological polar surface area (TPSA) is 32.3 Å². The van der Waals surface area contributed by atoms with Crippen LogP contribution in [0, 0.1) is 5.82 Å². The van der Waals surface area contributed by atoms with E-state index >= 15 is 0 Å². The van der Waals surface area contributed by atoms with Gasteiger partial charge in [0.15, 0.2) is 0 Å². The highest BCUT2D eigenvalue weighted by molar-refractivity contribution is 7.99. The molecule has 1 aliphatic heterocycles. The smallest absolute Gasteiger partial charge is 0.308 e. The van der Waals surface area contributed by atoms with E-state index in [-0.39, 0.29) is 17.1 Å². The average Bonchev–Trinajstić information content (AvgIpc) is 2.99. The number of carbonyl (C=O) groups is 1. The highest BCUT2D eigenvalue weighted by Crippen LogP contribution is 2.38. The van der Waals surface area contributed by atoms with Gasteiger partial charge in [0.2, 0.25) is 0 Å². The van der Waals surface area contributed by atoms with Gasteiger partial charge in [0, 0.05) is 17.3 Å². The van der Waals surface area contributed by atoms with Crippen LogP contribution in [0.4, 0.5) is 14.9 Å². The van der Waals surface area contributed by atoms with Crippen LogP contribution in [-0.2, 0) is 0 Å². The average molecular weight is 337 g/mol. The monoisotopic (exact) mass is 336 g/mol. The van der Waals surface area contributed by atoms with E-state index in [2.05, 4.69) is 5.32 Å². The van der Waals surface area contributed by atoms with Crippen molar-refractivity contribution in [1.29, 1.82) is 0 Å². The molecule has 22 heavy (non-hydrogen) atoms. The number of urea groups is 1. The predicted molar refractivity (Wildman–Crippen MR) is 88.8 cm³/mol. The van der Waals surface area contributed by atoms with Crippen molar-refractivity contribution < 1.29 is 9.18 Å². The van der Waals surface area contributed by atoms with Gasteiger partial charge in [0.05, 0.1) is 5.69 Å². The Morgan fingerprint density at radius 3 is 2.86 bits per heavy atom. The lowest BCUT2D eigenvalue weighted by molar-refractivity contribution is 0.214. The maximum absolute atomic E-state index is 13.7. The first-order valence-electron chi connectivity index (χ1n) is 6.84. The van der Waals surface area contributed by atoms with Gasteiger partial charge in [0.25, 0.3) is 0 Å². The molecule has 1 N–H and O–H groups in total. The van der Waals surface area contributed by atoms with Crippen molar-refractivity contribution >= 4 is 35.1 Å². The molecule has 2 aromatic rings. The molecule has 0 aromatic heterocycles. The van der Waals surface area contributed by atoms with Crippen LogP contribution in [0.3, 0.4) is 0 Å². The summed E-state index contributed by atoms with van der Waals surface area (Å²) in [4.78, 5) is 14.1. The van der Waals surface area contributed by atoms with Crippen molar-refractivity contribution in [1.82, 2.24) is 4.90 Å². The van der Waals surface area contributed by atoms with Gasteiger partial charge in [-0.15, -0.1) is 11.8 Å². The fourth-order valence-corrected chi connectivity index (χ4v) is 3.81. The van der Waals surface area contributed by atoms with Crippen LogP contribution in [0.5, 0.6) is 0 Å². The Morgan fingerprint density at radius 2 is 2.09 bits per heavy atom. The molecule has 3 rings (SSSR count). The Bertz CT molecular complexity index is 697. The predicted octanol–water partition coefficient (Wildman–Crippen LogP) is 4.76. The Balaban J connectivity index is 1.78. The number of benzene rings is 2. The normalized spacial score (nSPS) is 17.5. The molecule has 114 valence electrons. The molecule has 2 aromatic carbocycles. The summed E-state index contributed by atoms with van der Waals surface area (Å²) >= 11 is 7.69. The first kappa shape index (κ1) is 15.2. The van der Waals surface area contributed by atoms with E-state index in [9.17, 15) is 9.18 Å². The molecule has 6 heteroatoms. The summed E-state index contributed by atoms with van der Waals surface area (Å²) in [5.41, 5.74) is 1.16. The first-order chi connectivity index (χ1) is 10.6. The molecule has 1 fully saturated rings. The molecule has 0 radical (unpaired) electrons. The summed E-state index contributed by atoms with van der Waals surface area (Å²) in [6.07, 6.45) is 0. The largest absolute Gasteiger partial charge is 0.323 e. The second-order valence-corrected chi connectivity index (χ2v) is 6.51. The molecule has 1 atom stereocenters. The first-order valence-corrected chi connectivity index (χ1v) is 8.27. The van der Waals surface area contributed by atoms with Gasteiger partial charge in [0.1, 0.15) is 11.2 Å². The zero-order valence-electron chi connectivity index (χ0n) is 11.6. The van der Waals surface area contributed by atoms with Crippen molar-refractivity contribution in [3.63, 3.8) is 0 Å². The fraction of sp³-hybridized carbons (Fsp3) is 0.188. The number of anilines is 1. The molecule has 1 heterocycles. The summed E-state index contributed by atoms with van der Waals surface area (Å²) in [5, 5.41) is 3.16. The van der Waals surface area contributed by atoms with E-state index in [1.54, 1.807) is 40.9 Å². The molecule has 1 saturated heterocycles. The number of hydrogen-bond acceptors (Lipinski definition) is 2. The Labute approximate surface area is 137 Å². The molecular formula is C16H14ClFN2OS. The van der Waals surface area contributed by atoms with E-state index in [4.69, 9.17) is 11.6 Å². The number of amides is 2. The van der Waals surface area contributed by atoms with Crippen molar-refractivity contribution in [2.75, 3.05) is 17.6 Å². The molecular weight excluding hydrogens is 323 g/mol. The summed E-state index contributed by atoms with van der Waals surface area (Å²) in [5.74, 6) is 0.393. The Morgan fingerprint density at radius 1 is 1.27 bits per heavy atom. The fourth-order valence-electron chi connectivity index (χ4n) is 2.36. The molecule has 1 unspecified atom stereocenters. The molecule has 0 aliphatic carbocycles. The number of nitrogens with one attached hydrogen (secondary N) is 1. The van der Waals surface area contributed by atoms with Gasteiger partial charge in [-0.1, -0.05) is 35.9 Å². The zero-order chi connectivity index (χ0) is 15.5. The van der Waals surface area contributed by atoms with Gasteiger partial charge < -0.3 is 10.2 Å². The van der Waals surface area contributed by atoms with Crippen LogP contribution in [0.2, 0.25) is 5.02 Å². The lowest BCUT2D eigenvalue weighted by atomic mass is 10.2. The molecule has 0 bridgehead atoms. The third-order valence-corrected chi connectivity index (χ3v) is 4.90. The second kappa shape index (κ2) is 6.58. The highest BCUT2D eigenvalue weighted by atomic mass is 35.5. The Hall–Kier alpha value is -1.72. The molecule has 1 aliphatic rings. The quantitative estimate of drug-likeness (QED) is 0.857. The number of halogens is 2. The van der Waals surface area contributed by atoms with Gasteiger partial charge in [-0.25, -0.2) is 9.18 Å². The zero-order valence-corrected chi connectivity index (χ0v) is 13.2. The molecule has 3 nitrogen and oxygen atoms in total. The van der Waals surface area contributed by atoms with E-state index in [1.165, 1.54) is 6.07 Å². The maximum Gasteiger partial charge on any atom is 0.323 e. The minimum absolute atomic E-state index is 0.106. The lowest BCUT2D eigenvalue weighted by Crippen LogP contribution is -2.34. The van der Waals surface area contributed by atoms with Crippen LogP contribution in [0.15, 0.2) is 48.5 Å². The summed E-state index contributed by atoms with van der Waals surface area (Å²) < 4.78 is 13.7. The van der Waals surface area contributed by atoms with E-state index in [1.807, 2.05) is 18.2 Å².